The maximum absolute atomic E-state index is 5.61. The van der Waals surface area contributed by atoms with E-state index in [0.717, 1.165) is 17.1 Å². The first-order valence-corrected chi connectivity index (χ1v) is 7.91. The van der Waals surface area contributed by atoms with Crippen LogP contribution in [-0.2, 0) is 0 Å². The van der Waals surface area contributed by atoms with Gasteiger partial charge in [0.1, 0.15) is 5.69 Å². The molecule has 3 aromatic heterocycles. The third kappa shape index (κ3) is 1.82. The van der Waals surface area contributed by atoms with Gasteiger partial charge in [0, 0.05) is 17.0 Å². The van der Waals surface area contributed by atoms with Crippen LogP contribution in [0.25, 0.3) is 38.9 Å². The molecule has 0 aliphatic heterocycles. The van der Waals surface area contributed by atoms with Crippen molar-refractivity contribution in [1.82, 2.24) is 9.55 Å². The summed E-state index contributed by atoms with van der Waals surface area (Å²) in [5, 5.41) is 2.48. The maximum Gasteiger partial charge on any atom is 0.154 e. The van der Waals surface area contributed by atoms with Gasteiger partial charge in [0.25, 0.3) is 0 Å². The van der Waals surface area contributed by atoms with Crippen molar-refractivity contribution in [3.63, 3.8) is 0 Å². The average Bonchev–Trinajstić information content (AvgIpc) is 3.28. The molecule has 0 saturated heterocycles. The number of pyridine rings is 1. The number of nitrogens with zero attached hydrogens (tertiary/aromatic N) is 2. The highest BCUT2D eigenvalue weighted by Gasteiger charge is 2.16. The lowest BCUT2D eigenvalue weighted by molar-refractivity contribution is 0.579. The van der Waals surface area contributed by atoms with E-state index < -0.39 is 0 Å². The van der Waals surface area contributed by atoms with Crippen LogP contribution in [0.3, 0.4) is 0 Å². The third-order valence-corrected chi connectivity index (χ3v) is 4.36. The SMILES string of the molecule is c1coc(-c2ncccc2-n2c3ccccc3c3ccccc32)c1. The third-order valence-electron chi connectivity index (χ3n) is 4.36. The molecule has 3 heteroatoms. The summed E-state index contributed by atoms with van der Waals surface area (Å²) in [6.07, 6.45) is 3.48. The zero-order valence-electron chi connectivity index (χ0n) is 12.9. The molecule has 114 valence electrons. The van der Waals surface area contributed by atoms with E-state index in [9.17, 15) is 0 Å². The summed E-state index contributed by atoms with van der Waals surface area (Å²) in [6, 6.07) is 24.8. The van der Waals surface area contributed by atoms with E-state index >= 15 is 0 Å². The quantitative estimate of drug-likeness (QED) is 0.435. The van der Waals surface area contributed by atoms with Crippen molar-refractivity contribution in [3.05, 3.63) is 85.3 Å². The van der Waals surface area contributed by atoms with Crippen LogP contribution in [0.15, 0.2) is 89.7 Å². The van der Waals surface area contributed by atoms with E-state index in [-0.39, 0.29) is 0 Å². The molecule has 24 heavy (non-hydrogen) atoms. The molecule has 3 heterocycles. The summed E-state index contributed by atoms with van der Waals surface area (Å²) in [4.78, 5) is 4.58. The second-order valence-electron chi connectivity index (χ2n) is 5.72. The van der Waals surface area contributed by atoms with E-state index in [2.05, 4.69) is 64.1 Å². The van der Waals surface area contributed by atoms with Crippen molar-refractivity contribution in [3.8, 4) is 17.1 Å². The predicted molar refractivity (Wildman–Crippen MR) is 96.3 cm³/mol. The van der Waals surface area contributed by atoms with Crippen molar-refractivity contribution in [2.75, 3.05) is 0 Å². The van der Waals surface area contributed by atoms with Crippen LogP contribution >= 0.6 is 0 Å². The van der Waals surface area contributed by atoms with Gasteiger partial charge in [0.15, 0.2) is 5.76 Å². The number of fused-ring (bicyclic) bond motifs is 3. The smallest absolute Gasteiger partial charge is 0.154 e. The van der Waals surface area contributed by atoms with Crippen molar-refractivity contribution in [2.24, 2.45) is 0 Å². The minimum absolute atomic E-state index is 0.771. The molecule has 5 aromatic rings. The zero-order chi connectivity index (χ0) is 15.9. The molecule has 0 aliphatic carbocycles. The summed E-state index contributed by atoms with van der Waals surface area (Å²) in [6.45, 7) is 0. The Balaban J connectivity index is 1.94. The lowest BCUT2D eigenvalue weighted by Gasteiger charge is -2.11. The number of rotatable bonds is 2. The Morgan fingerprint density at radius 3 is 2.08 bits per heavy atom. The molecule has 0 spiro atoms. The Labute approximate surface area is 138 Å². The number of hydrogen-bond acceptors (Lipinski definition) is 2. The van der Waals surface area contributed by atoms with Gasteiger partial charge in [-0.3, -0.25) is 4.98 Å². The van der Waals surface area contributed by atoms with Crippen LogP contribution in [0.2, 0.25) is 0 Å². The topological polar surface area (TPSA) is 31.0 Å². The average molecular weight is 310 g/mol. The molecule has 0 saturated carbocycles. The Morgan fingerprint density at radius 2 is 1.42 bits per heavy atom. The fourth-order valence-corrected chi connectivity index (χ4v) is 3.36. The first-order valence-electron chi connectivity index (χ1n) is 7.91. The maximum atomic E-state index is 5.61. The summed E-state index contributed by atoms with van der Waals surface area (Å²) in [7, 11) is 0. The van der Waals surface area contributed by atoms with Gasteiger partial charge in [-0.05, 0) is 36.4 Å². The van der Waals surface area contributed by atoms with E-state index in [1.54, 1.807) is 12.5 Å². The van der Waals surface area contributed by atoms with Crippen LogP contribution in [0.5, 0.6) is 0 Å². The largest absolute Gasteiger partial charge is 0.463 e. The van der Waals surface area contributed by atoms with E-state index in [1.165, 1.54) is 21.8 Å². The Kier molecular flexibility index (Phi) is 2.79. The van der Waals surface area contributed by atoms with Gasteiger partial charge in [-0.15, -0.1) is 0 Å². The van der Waals surface area contributed by atoms with Gasteiger partial charge in [-0.1, -0.05) is 36.4 Å². The van der Waals surface area contributed by atoms with E-state index in [0.29, 0.717) is 0 Å². The van der Waals surface area contributed by atoms with Gasteiger partial charge in [-0.25, -0.2) is 0 Å². The molecule has 0 fully saturated rings. The van der Waals surface area contributed by atoms with E-state index in [4.69, 9.17) is 4.42 Å². The summed E-state index contributed by atoms with van der Waals surface area (Å²) >= 11 is 0. The van der Waals surface area contributed by atoms with Gasteiger partial charge >= 0.3 is 0 Å². The summed E-state index contributed by atoms with van der Waals surface area (Å²) in [5.74, 6) is 0.771. The molecule has 0 unspecified atom stereocenters. The van der Waals surface area contributed by atoms with Crippen LogP contribution in [0, 0.1) is 0 Å². The fraction of sp³-hybridized carbons (Fsp3) is 0. The van der Waals surface area contributed by atoms with Crippen molar-refractivity contribution in [2.45, 2.75) is 0 Å². The highest BCUT2D eigenvalue weighted by atomic mass is 16.3. The molecule has 0 radical (unpaired) electrons. The molecule has 3 nitrogen and oxygen atoms in total. The van der Waals surface area contributed by atoms with Crippen molar-refractivity contribution in [1.29, 1.82) is 0 Å². The molecular formula is C21H14N2O. The van der Waals surface area contributed by atoms with Crippen molar-refractivity contribution < 1.29 is 4.42 Å². The Hall–Kier alpha value is -3.33. The lowest BCUT2D eigenvalue weighted by atomic mass is 10.2. The monoisotopic (exact) mass is 310 g/mol. The highest BCUT2D eigenvalue weighted by Crippen LogP contribution is 2.34. The molecular weight excluding hydrogens is 296 g/mol. The number of para-hydroxylation sites is 2. The van der Waals surface area contributed by atoms with Crippen LogP contribution in [0.4, 0.5) is 0 Å². The van der Waals surface area contributed by atoms with Crippen LogP contribution < -0.4 is 0 Å². The zero-order valence-corrected chi connectivity index (χ0v) is 12.9. The minimum atomic E-state index is 0.771. The fourth-order valence-electron chi connectivity index (χ4n) is 3.36. The molecule has 0 amide bonds. The summed E-state index contributed by atoms with van der Waals surface area (Å²) < 4.78 is 7.87. The molecule has 0 atom stereocenters. The highest BCUT2D eigenvalue weighted by molar-refractivity contribution is 6.09. The van der Waals surface area contributed by atoms with Crippen LogP contribution in [0.1, 0.15) is 0 Å². The normalized spacial score (nSPS) is 11.3. The van der Waals surface area contributed by atoms with Crippen molar-refractivity contribution >= 4 is 21.8 Å². The number of hydrogen-bond donors (Lipinski definition) is 0. The second-order valence-corrected chi connectivity index (χ2v) is 5.72. The lowest BCUT2D eigenvalue weighted by Crippen LogP contribution is -1.98. The molecule has 0 N–H and O–H groups in total. The predicted octanol–water partition coefficient (Wildman–Crippen LogP) is 5.44. The van der Waals surface area contributed by atoms with E-state index in [1.807, 2.05) is 18.2 Å². The molecule has 0 aliphatic rings. The molecule has 0 bridgehead atoms. The summed E-state index contributed by atoms with van der Waals surface area (Å²) in [5.41, 5.74) is 4.19. The number of furan rings is 1. The number of aromatic nitrogens is 2. The molecule has 5 rings (SSSR count). The van der Waals surface area contributed by atoms with Gasteiger partial charge in [0.2, 0.25) is 0 Å². The second kappa shape index (κ2) is 5.10. The van der Waals surface area contributed by atoms with Gasteiger partial charge in [0.05, 0.1) is 23.0 Å². The first kappa shape index (κ1) is 13.1. The first-order chi connectivity index (χ1) is 11.9. The van der Waals surface area contributed by atoms with Gasteiger partial charge in [-0.2, -0.15) is 0 Å². The van der Waals surface area contributed by atoms with Crippen LogP contribution in [-0.4, -0.2) is 9.55 Å². The Bertz CT molecular complexity index is 1100. The molecule has 2 aromatic carbocycles. The standard InChI is InChI=1S/C21H14N2O/c1-3-9-17-15(7-1)16-8-2-4-10-18(16)23(17)19-11-5-13-22-21(19)20-12-6-14-24-20/h1-14H. The minimum Gasteiger partial charge on any atom is -0.463 e. The number of benzene rings is 2. The Morgan fingerprint density at radius 1 is 0.708 bits per heavy atom. The van der Waals surface area contributed by atoms with Gasteiger partial charge < -0.3 is 8.98 Å².